The van der Waals surface area contributed by atoms with Crippen LogP contribution in [-0.4, -0.2) is 83.0 Å². The first kappa shape index (κ1) is 38.7. The Kier molecular flexibility index (Phi) is 12.4. The van der Waals surface area contributed by atoms with Gasteiger partial charge in [-0.05, 0) is 49.7 Å². The van der Waals surface area contributed by atoms with E-state index in [1.165, 1.54) is 16.2 Å². The van der Waals surface area contributed by atoms with Crippen molar-refractivity contribution in [3.05, 3.63) is 98.4 Å². The van der Waals surface area contributed by atoms with Gasteiger partial charge in [0.05, 0.1) is 46.7 Å². The molecule has 14 heteroatoms. The van der Waals surface area contributed by atoms with Gasteiger partial charge in [0.15, 0.2) is 0 Å². The molecule has 275 valence electrons. The molecule has 3 aromatic heterocycles. The normalized spacial score (nSPS) is 15.7. The first-order chi connectivity index (χ1) is 25.3. The molecule has 2 aromatic carbocycles. The van der Waals surface area contributed by atoms with Crippen molar-refractivity contribution in [2.24, 2.45) is 7.05 Å². The molecule has 7 rings (SSSR count). The Morgan fingerprint density at radius 1 is 1.08 bits per heavy atom. The number of hydrogen-bond acceptors (Lipinski definition) is 9. The van der Waals surface area contributed by atoms with Gasteiger partial charge in [-0.1, -0.05) is 53.5 Å². The Morgan fingerprint density at radius 3 is 2.62 bits per heavy atom. The van der Waals surface area contributed by atoms with E-state index in [0.29, 0.717) is 57.9 Å². The molecule has 1 N–H and O–H groups in total. The summed E-state index contributed by atoms with van der Waals surface area (Å²) in [4.78, 5) is 37.9. The number of methoxy groups -OCH3 is 2. The van der Waals surface area contributed by atoms with E-state index in [9.17, 15) is 9.59 Å². The number of benzene rings is 2. The topological polar surface area (TPSA) is 115 Å². The molecule has 1 aliphatic heterocycles. The zero-order valence-corrected chi connectivity index (χ0v) is 32.4. The summed E-state index contributed by atoms with van der Waals surface area (Å²) in [6.45, 7) is 3.55. The Balaban J connectivity index is 0.00000481. The first-order valence-corrected chi connectivity index (χ1v) is 18.0. The fourth-order valence-electron chi connectivity index (χ4n) is 7.32. The summed E-state index contributed by atoms with van der Waals surface area (Å²) in [7, 11) is 4.90. The molecule has 1 saturated heterocycles. The minimum Gasteiger partial charge on any atom is -0.520 e. The maximum atomic E-state index is 13.0. The van der Waals surface area contributed by atoms with Crippen LogP contribution in [0.5, 0.6) is 5.88 Å². The molecule has 0 saturated carbocycles. The number of rotatable bonds is 13. The number of carbonyl (C=O) groups excluding carboxylic acids is 1. The third kappa shape index (κ3) is 7.80. The van der Waals surface area contributed by atoms with Crippen LogP contribution in [0.2, 0.25) is 10.0 Å². The molecule has 5 aromatic rings. The van der Waals surface area contributed by atoms with E-state index in [1.54, 1.807) is 44.6 Å². The second kappa shape index (κ2) is 17.0. The number of aryl methyl sites for hydroxylation is 2. The van der Waals surface area contributed by atoms with Crippen LogP contribution in [0.25, 0.3) is 33.2 Å². The number of ether oxygens (including phenoxy) is 2. The van der Waals surface area contributed by atoms with Gasteiger partial charge < -0.3 is 29.4 Å². The van der Waals surface area contributed by atoms with Crippen LogP contribution >= 0.6 is 23.2 Å². The zero-order valence-electron chi connectivity index (χ0n) is 29.7. The molecule has 11 nitrogen and oxygen atoms in total. The van der Waals surface area contributed by atoms with E-state index in [0.717, 1.165) is 66.7 Å². The third-order valence-electron chi connectivity index (χ3n) is 10.1. The first-order valence-electron chi connectivity index (χ1n) is 17.2. The standard InChI is InChI=1S/C39H39Cl2N7O4.Mn/c1-46-39(50)34-26(21-43-46)12-15-42-37(34)44-30-9-5-7-28(36(30)41)27-6-4-8-29(35(27)40)31-20-25-10-11-32(33(25)38(45-31)52-3)48-17-14-24(22-48)13-16-47(23-49)18-19-51-2;/h4-9,12,15,20-21,32H,10-11,13-14,16-19,22H2,1-3H3,(H,42,44);/q-2;+2. The molecule has 1 amide bonds. The number of likely N-dealkylation sites (tertiary alicyclic amines) is 1. The summed E-state index contributed by atoms with van der Waals surface area (Å²) >= 11 is 14.2. The number of nitrogens with zero attached hydrogens (tertiary/aromatic N) is 6. The summed E-state index contributed by atoms with van der Waals surface area (Å²) in [5, 5.41) is 9.43. The van der Waals surface area contributed by atoms with E-state index < -0.39 is 0 Å². The van der Waals surface area contributed by atoms with E-state index >= 15 is 0 Å². The second-order valence-corrected chi connectivity index (χ2v) is 13.8. The van der Waals surface area contributed by atoms with Crippen LogP contribution in [-0.2, 0) is 40.1 Å². The smallest absolute Gasteiger partial charge is 0.520 e. The van der Waals surface area contributed by atoms with Gasteiger partial charge in [0, 0.05) is 60.6 Å². The van der Waals surface area contributed by atoms with Gasteiger partial charge in [-0.2, -0.15) is 24.4 Å². The van der Waals surface area contributed by atoms with Crippen molar-refractivity contribution in [3.63, 3.8) is 0 Å². The average Bonchev–Trinajstić information content (AvgIpc) is 3.81. The SMILES string of the molecule is COCCN([C-]=O)CC[C-]1CCN(C2CCc3cc(-c4cccc(-c5cccc(Nc6nccc7cnn(C)c(=O)c67)c5Cl)c4Cl)nc(OC)c32)C1.[Mn+2]. The fourth-order valence-corrected chi connectivity index (χ4v) is 7.92. The van der Waals surface area contributed by atoms with Crippen molar-refractivity contribution >= 4 is 51.9 Å². The Labute approximate surface area is 329 Å². The molecule has 0 bridgehead atoms. The predicted octanol–water partition coefficient (Wildman–Crippen LogP) is 6.79. The molecular formula is C39H39Cl2MnN7O4. The molecule has 1 atom stereocenters. The van der Waals surface area contributed by atoms with Gasteiger partial charge in [-0.15, -0.1) is 6.54 Å². The van der Waals surface area contributed by atoms with Gasteiger partial charge >= 0.3 is 17.1 Å². The molecule has 0 spiro atoms. The summed E-state index contributed by atoms with van der Waals surface area (Å²) in [5.41, 5.74) is 5.61. The van der Waals surface area contributed by atoms with Crippen molar-refractivity contribution in [2.75, 3.05) is 52.3 Å². The average molecular weight is 796 g/mol. The number of pyridine rings is 2. The Hall–Kier alpha value is -4.03. The molecule has 4 heterocycles. The second-order valence-electron chi connectivity index (χ2n) is 13.1. The molecule has 2 aliphatic rings. The molecule has 1 radical (unpaired) electrons. The predicted molar refractivity (Wildman–Crippen MR) is 204 cm³/mol. The Bertz CT molecular complexity index is 2180. The minimum absolute atomic E-state index is 0. The van der Waals surface area contributed by atoms with Gasteiger partial charge in [0.1, 0.15) is 5.82 Å². The van der Waals surface area contributed by atoms with Crippen LogP contribution < -0.4 is 15.6 Å². The van der Waals surface area contributed by atoms with E-state index in [-0.39, 0.29) is 28.7 Å². The van der Waals surface area contributed by atoms with Crippen molar-refractivity contribution in [3.8, 4) is 28.3 Å². The third-order valence-corrected chi connectivity index (χ3v) is 10.9. The van der Waals surface area contributed by atoms with E-state index in [4.69, 9.17) is 37.7 Å². The quantitative estimate of drug-likeness (QED) is 0.0783. The van der Waals surface area contributed by atoms with Crippen LogP contribution in [0.1, 0.15) is 36.4 Å². The number of anilines is 2. The Morgan fingerprint density at radius 2 is 1.85 bits per heavy atom. The molecule has 1 aliphatic carbocycles. The van der Waals surface area contributed by atoms with E-state index in [2.05, 4.69) is 26.4 Å². The van der Waals surface area contributed by atoms with Gasteiger partial charge in [-0.3, -0.25) is 10.7 Å². The van der Waals surface area contributed by atoms with Crippen molar-refractivity contribution in [1.82, 2.24) is 29.5 Å². The van der Waals surface area contributed by atoms with Gasteiger partial charge in [0.2, 0.25) is 5.88 Å². The van der Waals surface area contributed by atoms with Crippen molar-refractivity contribution in [1.29, 1.82) is 0 Å². The maximum Gasteiger partial charge on any atom is 2.00 e. The summed E-state index contributed by atoms with van der Waals surface area (Å²) in [6.07, 6.45) is 9.03. The number of nitrogens with one attached hydrogen (secondary N) is 1. The van der Waals surface area contributed by atoms with Crippen LogP contribution in [0.4, 0.5) is 11.5 Å². The minimum atomic E-state index is -0.265. The zero-order chi connectivity index (χ0) is 36.4. The number of aromatic nitrogens is 4. The number of amides is 1. The molecule has 1 fully saturated rings. The molecular weight excluding hydrogens is 756 g/mol. The number of fused-ring (bicyclic) bond motifs is 2. The summed E-state index contributed by atoms with van der Waals surface area (Å²) in [6, 6.07) is 15.6. The molecule has 53 heavy (non-hydrogen) atoms. The number of halogens is 2. The maximum absolute atomic E-state index is 13.0. The van der Waals surface area contributed by atoms with Crippen LogP contribution in [0, 0.1) is 5.92 Å². The van der Waals surface area contributed by atoms with Crippen LogP contribution in [0.3, 0.4) is 0 Å². The van der Waals surface area contributed by atoms with Gasteiger partial charge in [-0.25, -0.2) is 14.6 Å². The summed E-state index contributed by atoms with van der Waals surface area (Å²) in [5.74, 6) is 2.43. The molecule has 1 unspecified atom stereocenters. The largest absolute Gasteiger partial charge is 2.00 e. The monoisotopic (exact) mass is 794 g/mol. The van der Waals surface area contributed by atoms with E-state index in [1.807, 2.05) is 42.8 Å². The summed E-state index contributed by atoms with van der Waals surface area (Å²) < 4.78 is 12.3. The van der Waals surface area contributed by atoms with Crippen molar-refractivity contribution < 1.29 is 31.3 Å². The van der Waals surface area contributed by atoms with Gasteiger partial charge in [0.25, 0.3) is 5.56 Å². The fraction of sp³-hybridized carbons (Fsp3) is 0.333. The van der Waals surface area contributed by atoms with Crippen LogP contribution in [0.15, 0.2) is 65.7 Å². The number of hydrogen-bond donors (Lipinski definition) is 1. The van der Waals surface area contributed by atoms with Crippen molar-refractivity contribution in [2.45, 2.75) is 31.7 Å².